The average Bonchev–Trinajstić information content (AvgIpc) is 3.09. The molecular weight excluding hydrogens is 304 g/mol. The molecule has 0 unspecified atom stereocenters. The Balaban J connectivity index is 1.46. The van der Waals surface area contributed by atoms with Gasteiger partial charge in [0.1, 0.15) is 12.6 Å². The number of amides is 1. The summed E-state index contributed by atoms with van der Waals surface area (Å²) in [7, 11) is 0. The minimum atomic E-state index is -0.0915. The van der Waals surface area contributed by atoms with Crippen LogP contribution in [0.2, 0.25) is 0 Å². The molecule has 3 rings (SSSR count). The van der Waals surface area contributed by atoms with Crippen molar-refractivity contribution >= 4 is 11.6 Å². The third kappa shape index (κ3) is 4.96. The van der Waals surface area contributed by atoms with Crippen LogP contribution in [0.25, 0.3) is 0 Å². The molecular formula is C18H22N4O2. The van der Waals surface area contributed by atoms with E-state index in [1.807, 2.05) is 30.3 Å². The Morgan fingerprint density at radius 2 is 2.33 bits per heavy atom. The number of nitrogens with zero attached hydrogens (tertiary/aromatic N) is 2. The Bertz CT molecular complexity index is 682. The molecule has 24 heavy (non-hydrogen) atoms. The highest BCUT2D eigenvalue weighted by Gasteiger charge is 2.10. The largest absolute Gasteiger partial charge is 0.497 e. The van der Waals surface area contributed by atoms with Crippen molar-refractivity contribution in [3.8, 4) is 0 Å². The molecule has 2 heterocycles. The summed E-state index contributed by atoms with van der Waals surface area (Å²) in [4.78, 5) is 12.0. The van der Waals surface area contributed by atoms with Gasteiger partial charge < -0.3 is 15.4 Å². The standard InChI is InChI=1S/C18H22N4O2/c23-18(14-22-9-4-8-20-22)21-16-6-3-5-15(11-16)12-19-13-17-7-1-2-10-24-17/h2-6,8-11,17,19H,1,7,12-14H2,(H,21,23)/t17-/m0/s1. The van der Waals surface area contributed by atoms with Gasteiger partial charge in [-0.2, -0.15) is 5.10 Å². The predicted octanol–water partition coefficient (Wildman–Crippen LogP) is 2.30. The van der Waals surface area contributed by atoms with Crippen molar-refractivity contribution in [1.29, 1.82) is 0 Å². The summed E-state index contributed by atoms with van der Waals surface area (Å²) in [5.41, 5.74) is 1.92. The molecule has 6 heteroatoms. The lowest BCUT2D eigenvalue weighted by molar-refractivity contribution is -0.116. The first-order valence-electron chi connectivity index (χ1n) is 8.17. The van der Waals surface area contributed by atoms with E-state index in [1.54, 1.807) is 29.4 Å². The Kier molecular flexibility index (Phi) is 5.63. The second kappa shape index (κ2) is 8.31. The first kappa shape index (κ1) is 16.3. The monoisotopic (exact) mass is 326 g/mol. The van der Waals surface area contributed by atoms with Crippen LogP contribution < -0.4 is 10.6 Å². The molecule has 1 amide bonds. The van der Waals surface area contributed by atoms with E-state index in [4.69, 9.17) is 4.74 Å². The number of carbonyl (C=O) groups excluding carboxylic acids is 1. The maximum atomic E-state index is 12.0. The Morgan fingerprint density at radius 3 is 3.12 bits per heavy atom. The van der Waals surface area contributed by atoms with E-state index in [2.05, 4.69) is 15.7 Å². The molecule has 0 aliphatic carbocycles. The molecule has 0 bridgehead atoms. The van der Waals surface area contributed by atoms with Crippen molar-refractivity contribution < 1.29 is 9.53 Å². The smallest absolute Gasteiger partial charge is 0.246 e. The topological polar surface area (TPSA) is 68.2 Å². The Hall–Kier alpha value is -2.60. The summed E-state index contributed by atoms with van der Waals surface area (Å²) in [6.45, 7) is 1.77. The summed E-state index contributed by atoms with van der Waals surface area (Å²) in [6.07, 6.45) is 9.62. The van der Waals surface area contributed by atoms with Gasteiger partial charge in [0.25, 0.3) is 0 Å². The van der Waals surface area contributed by atoms with Gasteiger partial charge >= 0.3 is 0 Å². The van der Waals surface area contributed by atoms with Crippen LogP contribution in [0.5, 0.6) is 0 Å². The SMILES string of the molecule is O=C(Cn1cccn1)Nc1cccc(CNC[C@@H]2CCC=CO2)c1. The highest BCUT2D eigenvalue weighted by molar-refractivity contribution is 5.90. The molecule has 0 fully saturated rings. The van der Waals surface area contributed by atoms with Crippen molar-refractivity contribution in [2.24, 2.45) is 0 Å². The van der Waals surface area contributed by atoms with Crippen LogP contribution in [0, 0.1) is 0 Å². The van der Waals surface area contributed by atoms with Gasteiger partial charge in [0.15, 0.2) is 0 Å². The molecule has 1 aromatic heterocycles. The van der Waals surface area contributed by atoms with Crippen molar-refractivity contribution in [1.82, 2.24) is 15.1 Å². The van der Waals surface area contributed by atoms with Gasteiger partial charge in [-0.25, -0.2) is 0 Å². The Labute approximate surface area is 141 Å². The minimum Gasteiger partial charge on any atom is -0.497 e. The van der Waals surface area contributed by atoms with Crippen LogP contribution in [0.1, 0.15) is 18.4 Å². The number of ether oxygens (including phenoxy) is 1. The van der Waals surface area contributed by atoms with Gasteiger partial charge in [-0.1, -0.05) is 12.1 Å². The van der Waals surface area contributed by atoms with E-state index in [1.165, 1.54) is 0 Å². The van der Waals surface area contributed by atoms with Gasteiger partial charge in [-0.05, 0) is 42.7 Å². The lowest BCUT2D eigenvalue weighted by atomic mass is 10.1. The van der Waals surface area contributed by atoms with Crippen molar-refractivity contribution in [2.75, 3.05) is 11.9 Å². The zero-order valence-electron chi connectivity index (χ0n) is 13.5. The molecule has 0 saturated carbocycles. The van der Waals surface area contributed by atoms with Crippen molar-refractivity contribution in [3.05, 3.63) is 60.6 Å². The van der Waals surface area contributed by atoms with Crippen LogP contribution in [0.3, 0.4) is 0 Å². The molecule has 126 valence electrons. The Morgan fingerprint density at radius 1 is 1.38 bits per heavy atom. The maximum absolute atomic E-state index is 12.0. The van der Waals surface area contributed by atoms with Crippen molar-refractivity contribution in [3.63, 3.8) is 0 Å². The third-order valence-corrected chi connectivity index (χ3v) is 3.80. The van der Waals surface area contributed by atoms with Gasteiger partial charge in [-0.15, -0.1) is 0 Å². The van der Waals surface area contributed by atoms with Crippen LogP contribution in [-0.4, -0.2) is 28.3 Å². The molecule has 0 spiro atoms. The summed E-state index contributed by atoms with van der Waals surface area (Å²) >= 11 is 0. The molecule has 0 radical (unpaired) electrons. The molecule has 2 N–H and O–H groups in total. The average molecular weight is 326 g/mol. The highest BCUT2D eigenvalue weighted by Crippen LogP contribution is 2.12. The fourth-order valence-electron chi connectivity index (χ4n) is 2.61. The van der Waals surface area contributed by atoms with Crippen LogP contribution in [0.4, 0.5) is 5.69 Å². The number of benzene rings is 1. The van der Waals surface area contributed by atoms with Gasteiger partial charge in [0, 0.05) is 31.2 Å². The number of nitrogens with one attached hydrogen (secondary N) is 2. The summed E-state index contributed by atoms with van der Waals surface area (Å²) in [6, 6.07) is 9.65. The number of rotatable bonds is 7. The molecule has 2 aromatic rings. The molecule has 6 nitrogen and oxygen atoms in total. The summed E-state index contributed by atoms with van der Waals surface area (Å²) in [5, 5.41) is 10.3. The van der Waals surface area contributed by atoms with E-state index in [0.717, 1.165) is 37.2 Å². The van der Waals surface area contributed by atoms with Gasteiger partial charge in [0.05, 0.1) is 6.26 Å². The normalized spacial score (nSPS) is 16.6. The first-order chi connectivity index (χ1) is 11.8. The maximum Gasteiger partial charge on any atom is 0.246 e. The zero-order chi connectivity index (χ0) is 16.6. The predicted molar refractivity (Wildman–Crippen MR) is 92.3 cm³/mol. The number of anilines is 1. The fourth-order valence-corrected chi connectivity index (χ4v) is 2.61. The number of hydrogen-bond acceptors (Lipinski definition) is 4. The van der Waals surface area contributed by atoms with Crippen LogP contribution in [-0.2, 0) is 22.6 Å². The van der Waals surface area contributed by atoms with E-state index in [9.17, 15) is 4.79 Å². The highest BCUT2D eigenvalue weighted by atomic mass is 16.5. The minimum absolute atomic E-state index is 0.0915. The molecule has 1 aliphatic heterocycles. The number of aromatic nitrogens is 2. The van der Waals surface area contributed by atoms with Gasteiger partial charge in [0.2, 0.25) is 5.91 Å². The van der Waals surface area contributed by atoms with Crippen molar-refractivity contribution in [2.45, 2.75) is 32.0 Å². The quantitative estimate of drug-likeness (QED) is 0.819. The van der Waals surface area contributed by atoms with Gasteiger partial charge in [-0.3, -0.25) is 9.48 Å². The number of hydrogen-bond donors (Lipinski definition) is 2. The second-order valence-corrected chi connectivity index (χ2v) is 5.79. The second-order valence-electron chi connectivity index (χ2n) is 5.79. The first-order valence-corrected chi connectivity index (χ1v) is 8.17. The lowest BCUT2D eigenvalue weighted by Crippen LogP contribution is -2.28. The van der Waals surface area contributed by atoms with Crippen LogP contribution in [0.15, 0.2) is 55.1 Å². The molecule has 1 atom stereocenters. The third-order valence-electron chi connectivity index (χ3n) is 3.80. The molecule has 1 aliphatic rings. The summed E-state index contributed by atoms with van der Waals surface area (Å²) < 4.78 is 7.13. The lowest BCUT2D eigenvalue weighted by Gasteiger charge is -2.19. The summed E-state index contributed by atoms with van der Waals surface area (Å²) in [5.74, 6) is -0.0915. The zero-order valence-corrected chi connectivity index (χ0v) is 13.5. The van der Waals surface area contributed by atoms with Crippen LogP contribution >= 0.6 is 0 Å². The number of carbonyl (C=O) groups is 1. The molecule has 0 saturated heterocycles. The number of allylic oxidation sites excluding steroid dienone is 1. The van der Waals surface area contributed by atoms with E-state index >= 15 is 0 Å². The van der Waals surface area contributed by atoms with E-state index < -0.39 is 0 Å². The van der Waals surface area contributed by atoms with E-state index in [0.29, 0.717) is 0 Å². The fraction of sp³-hybridized carbons (Fsp3) is 0.333. The van der Waals surface area contributed by atoms with E-state index in [-0.39, 0.29) is 18.6 Å². The molecule has 1 aromatic carbocycles.